The highest BCUT2D eigenvalue weighted by molar-refractivity contribution is 7.98. The van der Waals surface area contributed by atoms with Gasteiger partial charge in [-0.1, -0.05) is 18.2 Å². The van der Waals surface area contributed by atoms with Gasteiger partial charge in [0.25, 0.3) is 0 Å². The number of carboxylic acids is 1. The van der Waals surface area contributed by atoms with Crippen LogP contribution in [0.15, 0.2) is 52.9 Å². The van der Waals surface area contributed by atoms with Gasteiger partial charge < -0.3 is 5.11 Å². The second kappa shape index (κ2) is 7.92. The van der Waals surface area contributed by atoms with Crippen LogP contribution >= 0.6 is 11.8 Å². The molecule has 0 aliphatic heterocycles. The number of allylic oxidation sites excluding steroid dienone is 3. The summed E-state index contributed by atoms with van der Waals surface area (Å²) < 4.78 is 13.8. The molecule has 2 aromatic carbocycles. The monoisotopic (exact) mass is 368 g/mol. The van der Waals surface area contributed by atoms with Crippen molar-refractivity contribution < 1.29 is 14.3 Å². The zero-order valence-electron chi connectivity index (χ0n) is 14.9. The number of carboxylic acid groups (broad SMARTS) is 1. The minimum atomic E-state index is -0.801. The van der Waals surface area contributed by atoms with Crippen LogP contribution in [0.25, 0.3) is 17.2 Å². The Hall–Kier alpha value is -2.33. The average Bonchev–Trinajstić information content (AvgIpc) is 2.87. The molecule has 0 radical (unpaired) electrons. The van der Waals surface area contributed by atoms with E-state index in [1.54, 1.807) is 17.8 Å². The predicted octanol–water partition coefficient (Wildman–Crippen LogP) is 6.13. The van der Waals surface area contributed by atoms with Gasteiger partial charge in [-0.25, -0.2) is 4.39 Å². The third kappa shape index (κ3) is 3.91. The maximum absolute atomic E-state index is 13.8. The molecule has 0 amide bonds. The summed E-state index contributed by atoms with van der Waals surface area (Å²) in [5, 5.41) is 8.89. The van der Waals surface area contributed by atoms with Gasteiger partial charge in [-0.2, -0.15) is 0 Å². The van der Waals surface area contributed by atoms with Crippen molar-refractivity contribution in [2.45, 2.75) is 31.1 Å². The average molecular weight is 368 g/mol. The lowest BCUT2D eigenvalue weighted by molar-refractivity contribution is -0.137. The Balaban J connectivity index is 1.99. The van der Waals surface area contributed by atoms with Gasteiger partial charge in [0, 0.05) is 11.3 Å². The first kappa shape index (κ1) is 18.5. The number of aliphatic carboxylic acids is 1. The normalized spacial score (nSPS) is 14.8. The number of fused-ring (bicyclic) bond motifs is 1. The maximum atomic E-state index is 13.8. The standard InChI is InChI=1S/C22H21FO2S/c1-14-18(4-3-5-22(24)25)21-13-16(23)8-11-19(21)20(14)12-15-6-9-17(26-2)10-7-15/h6-13H,3-5H2,1-2H3,(H,24,25). The molecule has 134 valence electrons. The molecule has 0 fully saturated rings. The van der Waals surface area contributed by atoms with Crippen molar-refractivity contribution in [3.8, 4) is 0 Å². The number of carbonyl (C=O) groups is 1. The molecule has 0 atom stereocenters. The molecular weight excluding hydrogens is 347 g/mol. The topological polar surface area (TPSA) is 37.3 Å². The van der Waals surface area contributed by atoms with Gasteiger partial charge in [-0.15, -0.1) is 11.8 Å². The highest BCUT2D eigenvalue weighted by Crippen LogP contribution is 2.44. The Morgan fingerprint density at radius 1 is 1.15 bits per heavy atom. The summed E-state index contributed by atoms with van der Waals surface area (Å²) in [7, 11) is 0. The Labute approximate surface area is 157 Å². The minimum absolute atomic E-state index is 0.122. The Kier molecular flexibility index (Phi) is 5.62. The molecule has 26 heavy (non-hydrogen) atoms. The van der Waals surface area contributed by atoms with Crippen LogP contribution in [0.1, 0.15) is 42.9 Å². The summed E-state index contributed by atoms with van der Waals surface area (Å²) in [6.07, 6.45) is 5.48. The van der Waals surface area contributed by atoms with E-state index in [1.807, 2.05) is 19.2 Å². The van der Waals surface area contributed by atoms with Crippen molar-refractivity contribution in [3.05, 3.63) is 70.5 Å². The molecule has 1 N–H and O–H groups in total. The van der Waals surface area contributed by atoms with Crippen molar-refractivity contribution >= 4 is 35.0 Å². The smallest absolute Gasteiger partial charge is 0.303 e. The molecule has 2 aromatic rings. The molecule has 0 saturated carbocycles. The van der Waals surface area contributed by atoms with Crippen molar-refractivity contribution in [3.63, 3.8) is 0 Å². The molecule has 0 unspecified atom stereocenters. The number of halogens is 1. The van der Waals surface area contributed by atoms with E-state index in [1.165, 1.54) is 11.0 Å². The molecule has 3 rings (SSSR count). The minimum Gasteiger partial charge on any atom is -0.481 e. The lowest BCUT2D eigenvalue weighted by Gasteiger charge is -2.05. The highest BCUT2D eigenvalue weighted by atomic mass is 32.2. The lowest BCUT2D eigenvalue weighted by Crippen LogP contribution is -1.95. The summed E-state index contributed by atoms with van der Waals surface area (Å²) in [5.74, 6) is -1.07. The van der Waals surface area contributed by atoms with Gasteiger partial charge in [0.05, 0.1) is 0 Å². The molecular formula is C22H21FO2S. The van der Waals surface area contributed by atoms with E-state index in [9.17, 15) is 9.18 Å². The fraction of sp³-hybridized carbons (Fsp3) is 0.227. The molecule has 2 nitrogen and oxygen atoms in total. The summed E-state index contributed by atoms with van der Waals surface area (Å²) in [6.45, 7) is 2.04. The summed E-state index contributed by atoms with van der Waals surface area (Å²) in [6, 6.07) is 13.2. The van der Waals surface area contributed by atoms with E-state index >= 15 is 0 Å². The molecule has 0 bridgehead atoms. The van der Waals surface area contributed by atoms with Crippen LogP contribution in [0.2, 0.25) is 0 Å². The van der Waals surface area contributed by atoms with Crippen LogP contribution in [0, 0.1) is 5.82 Å². The number of rotatable bonds is 6. The van der Waals surface area contributed by atoms with E-state index in [0.29, 0.717) is 12.8 Å². The molecule has 4 heteroatoms. The van der Waals surface area contributed by atoms with Crippen molar-refractivity contribution in [1.82, 2.24) is 0 Å². The van der Waals surface area contributed by atoms with Gasteiger partial charge in [0.15, 0.2) is 0 Å². The van der Waals surface area contributed by atoms with Crippen LogP contribution in [-0.4, -0.2) is 17.3 Å². The van der Waals surface area contributed by atoms with Gasteiger partial charge in [0.1, 0.15) is 5.82 Å². The van der Waals surface area contributed by atoms with Gasteiger partial charge in [-0.05, 0) is 89.8 Å². The fourth-order valence-electron chi connectivity index (χ4n) is 3.36. The SMILES string of the molecule is CSc1ccc(C=C2C(C)=C(CCCC(=O)O)c3cc(F)ccc32)cc1. The van der Waals surface area contributed by atoms with Gasteiger partial charge in [-0.3, -0.25) is 4.79 Å². The van der Waals surface area contributed by atoms with Crippen LogP contribution in [0.4, 0.5) is 4.39 Å². The number of hydrogen-bond donors (Lipinski definition) is 1. The third-order valence-electron chi connectivity index (χ3n) is 4.70. The molecule has 0 saturated heterocycles. The summed E-state index contributed by atoms with van der Waals surface area (Å²) in [4.78, 5) is 12.0. The van der Waals surface area contributed by atoms with Crippen molar-refractivity contribution in [1.29, 1.82) is 0 Å². The van der Waals surface area contributed by atoms with Crippen LogP contribution < -0.4 is 0 Å². The third-order valence-corrected chi connectivity index (χ3v) is 5.44. The fourth-order valence-corrected chi connectivity index (χ4v) is 3.77. The molecule has 0 spiro atoms. The summed E-state index contributed by atoms with van der Waals surface area (Å²) in [5.41, 5.74) is 6.24. The first-order valence-corrected chi connectivity index (χ1v) is 9.80. The quantitative estimate of drug-likeness (QED) is 0.623. The van der Waals surface area contributed by atoms with Crippen LogP contribution in [-0.2, 0) is 4.79 Å². The lowest BCUT2D eigenvalue weighted by atomic mass is 10.00. The first-order chi connectivity index (χ1) is 12.5. The maximum Gasteiger partial charge on any atom is 0.303 e. The zero-order valence-corrected chi connectivity index (χ0v) is 15.7. The highest BCUT2D eigenvalue weighted by Gasteiger charge is 2.24. The predicted molar refractivity (Wildman–Crippen MR) is 107 cm³/mol. The second-order valence-corrected chi connectivity index (χ2v) is 7.25. The number of hydrogen-bond acceptors (Lipinski definition) is 2. The number of thioether (sulfide) groups is 1. The van der Waals surface area contributed by atoms with E-state index in [-0.39, 0.29) is 12.2 Å². The molecule has 1 aliphatic carbocycles. The second-order valence-electron chi connectivity index (χ2n) is 6.37. The molecule has 0 heterocycles. The van der Waals surface area contributed by atoms with E-state index < -0.39 is 5.97 Å². The van der Waals surface area contributed by atoms with Gasteiger partial charge >= 0.3 is 5.97 Å². The Morgan fingerprint density at radius 2 is 1.88 bits per heavy atom. The Bertz CT molecular complexity index is 895. The van der Waals surface area contributed by atoms with Crippen LogP contribution in [0.5, 0.6) is 0 Å². The van der Waals surface area contributed by atoms with E-state index in [2.05, 4.69) is 30.3 Å². The van der Waals surface area contributed by atoms with Crippen molar-refractivity contribution in [2.24, 2.45) is 0 Å². The largest absolute Gasteiger partial charge is 0.481 e. The molecule has 0 aromatic heterocycles. The zero-order chi connectivity index (χ0) is 18.7. The van der Waals surface area contributed by atoms with Gasteiger partial charge in [0.2, 0.25) is 0 Å². The van der Waals surface area contributed by atoms with E-state index in [0.717, 1.165) is 33.4 Å². The Morgan fingerprint density at radius 3 is 2.54 bits per heavy atom. The molecule has 1 aliphatic rings. The number of benzene rings is 2. The van der Waals surface area contributed by atoms with Crippen LogP contribution in [0.3, 0.4) is 0 Å². The summed E-state index contributed by atoms with van der Waals surface area (Å²) >= 11 is 1.70. The first-order valence-electron chi connectivity index (χ1n) is 8.57. The van der Waals surface area contributed by atoms with Crippen molar-refractivity contribution in [2.75, 3.05) is 6.26 Å². The van der Waals surface area contributed by atoms with E-state index in [4.69, 9.17) is 5.11 Å².